The molecule has 1 aromatic carbocycles. The summed E-state index contributed by atoms with van der Waals surface area (Å²) in [6.07, 6.45) is 0.694. The van der Waals surface area contributed by atoms with E-state index in [1.807, 2.05) is 4.90 Å². The molecule has 4 rings (SSSR count). The van der Waals surface area contributed by atoms with E-state index in [0.717, 1.165) is 0 Å². The normalized spacial score (nSPS) is 23.2. The molecule has 0 aliphatic carbocycles. The molecule has 0 saturated carbocycles. The maximum Gasteiger partial charge on any atom is 0.243 e. The number of ether oxygens (including phenoxy) is 2. The molecule has 2 N–H and O–H groups in total. The fraction of sp³-hybridized carbons (Fsp3) is 0.444. The second kappa shape index (κ2) is 7.19. The Morgan fingerprint density at radius 1 is 1.18 bits per heavy atom. The van der Waals surface area contributed by atoms with Crippen molar-refractivity contribution in [3.8, 4) is 5.88 Å². The van der Waals surface area contributed by atoms with Crippen LogP contribution in [0.25, 0.3) is 0 Å². The molecule has 2 aromatic rings. The van der Waals surface area contributed by atoms with Crippen molar-refractivity contribution in [1.29, 1.82) is 0 Å². The van der Waals surface area contributed by atoms with Gasteiger partial charge in [0.1, 0.15) is 11.4 Å². The lowest BCUT2D eigenvalue weighted by Crippen LogP contribution is -2.54. The van der Waals surface area contributed by atoms with Gasteiger partial charge >= 0.3 is 0 Å². The third-order valence-corrected chi connectivity index (χ3v) is 7.01. The molecule has 1 atom stereocenters. The van der Waals surface area contributed by atoms with Crippen molar-refractivity contribution in [3.63, 3.8) is 0 Å². The number of methoxy groups -OCH3 is 1. The van der Waals surface area contributed by atoms with Crippen molar-refractivity contribution >= 4 is 21.8 Å². The summed E-state index contributed by atoms with van der Waals surface area (Å²) >= 11 is 0. The van der Waals surface area contributed by atoms with Crippen LogP contribution in [0.15, 0.2) is 41.3 Å². The van der Waals surface area contributed by atoms with Crippen molar-refractivity contribution in [1.82, 2.24) is 14.3 Å². The second-order valence-electron chi connectivity index (χ2n) is 6.98. The predicted molar refractivity (Wildman–Crippen MR) is 104 cm³/mol. The van der Waals surface area contributed by atoms with Crippen molar-refractivity contribution in [2.75, 3.05) is 50.5 Å². The van der Waals surface area contributed by atoms with Crippen LogP contribution >= 0.6 is 0 Å². The van der Waals surface area contributed by atoms with Crippen LogP contribution in [0, 0.1) is 0 Å². The number of nitrogens with zero attached hydrogens (tertiary/aromatic N) is 4. The highest BCUT2D eigenvalue weighted by molar-refractivity contribution is 7.89. The van der Waals surface area contributed by atoms with E-state index < -0.39 is 15.6 Å². The largest absolute Gasteiger partial charge is 0.481 e. The standard InChI is InChI=1S/C18H23N5O4S/c1-26-16-11-15(20-17(19)21-16)22-8-7-18(12-22)13-23(9-10-27-18)28(24,25)14-5-3-2-4-6-14/h2-6,11H,7-10,12-13H2,1H3,(H2,19,20,21). The molecule has 2 aliphatic rings. The summed E-state index contributed by atoms with van der Waals surface area (Å²) in [5.74, 6) is 1.17. The van der Waals surface area contributed by atoms with Gasteiger partial charge in [0.25, 0.3) is 0 Å². The summed E-state index contributed by atoms with van der Waals surface area (Å²) in [4.78, 5) is 10.6. The quantitative estimate of drug-likeness (QED) is 0.793. The molecule has 1 spiro atoms. The smallest absolute Gasteiger partial charge is 0.243 e. The maximum atomic E-state index is 13.0. The summed E-state index contributed by atoms with van der Waals surface area (Å²) in [5.41, 5.74) is 5.19. The van der Waals surface area contributed by atoms with Crippen LogP contribution in [-0.2, 0) is 14.8 Å². The maximum absolute atomic E-state index is 13.0. The van der Waals surface area contributed by atoms with E-state index in [0.29, 0.717) is 55.8 Å². The Balaban J connectivity index is 1.54. The summed E-state index contributed by atoms with van der Waals surface area (Å²) in [7, 11) is -2.03. The number of hydrogen-bond acceptors (Lipinski definition) is 8. The van der Waals surface area contributed by atoms with Gasteiger partial charge in [0.05, 0.1) is 18.6 Å². The SMILES string of the molecule is COc1cc(N2CCC3(C2)CN(S(=O)(=O)c2ccccc2)CCO3)nc(N)n1. The molecular weight excluding hydrogens is 382 g/mol. The molecule has 2 aliphatic heterocycles. The number of hydrogen-bond donors (Lipinski definition) is 1. The van der Waals surface area contributed by atoms with Crippen LogP contribution in [0.1, 0.15) is 6.42 Å². The third kappa shape index (κ3) is 3.50. The Labute approximate surface area is 164 Å². The number of rotatable bonds is 4. The number of morpholine rings is 1. The molecule has 28 heavy (non-hydrogen) atoms. The first kappa shape index (κ1) is 18.9. The summed E-state index contributed by atoms with van der Waals surface area (Å²) in [6.45, 7) is 2.20. The third-order valence-electron chi connectivity index (χ3n) is 5.15. The Hall–Kier alpha value is -2.43. The Kier molecular flexibility index (Phi) is 4.86. The first-order valence-electron chi connectivity index (χ1n) is 9.05. The number of nitrogens with two attached hydrogens (primary N) is 1. The molecule has 2 saturated heterocycles. The molecular formula is C18H23N5O4S. The van der Waals surface area contributed by atoms with Gasteiger partial charge in [-0.05, 0) is 18.6 Å². The van der Waals surface area contributed by atoms with Crippen LogP contribution in [0.2, 0.25) is 0 Å². The average Bonchev–Trinajstić information content (AvgIpc) is 3.11. The Morgan fingerprint density at radius 3 is 2.71 bits per heavy atom. The van der Waals surface area contributed by atoms with Crippen molar-refractivity contribution in [3.05, 3.63) is 36.4 Å². The van der Waals surface area contributed by atoms with Crippen molar-refractivity contribution < 1.29 is 17.9 Å². The number of benzene rings is 1. The van der Waals surface area contributed by atoms with Gasteiger partial charge in [-0.15, -0.1) is 0 Å². The van der Waals surface area contributed by atoms with Crippen LogP contribution < -0.4 is 15.4 Å². The van der Waals surface area contributed by atoms with Crippen molar-refractivity contribution in [2.24, 2.45) is 0 Å². The zero-order valence-corrected chi connectivity index (χ0v) is 16.4. The second-order valence-corrected chi connectivity index (χ2v) is 8.92. The van der Waals surface area contributed by atoms with E-state index in [1.54, 1.807) is 36.4 Å². The zero-order chi connectivity index (χ0) is 19.8. The molecule has 1 unspecified atom stereocenters. The minimum absolute atomic E-state index is 0.133. The summed E-state index contributed by atoms with van der Waals surface area (Å²) < 4.78 is 38.8. The first-order valence-corrected chi connectivity index (χ1v) is 10.5. The van der Waals surface area contributed by atoms with Gasteiger partial charge in [-0.2, -0.15) is 14.3 Å². The summed E-state index contributed by atoms with van der Waals surface area (Å²) in [5, 5.41) is 0. The van der Waals surface area contributed by atoms with E-state index in [4.69, 9.17) is 15.2 Å². The molecule has 0 amide bonds. The van der Waals surface area contributed by atoms with E-state index in [-0.39, 0.29) is 5.95 Å². The highest BCUT2D eigenvalue weighted by Gasteiger charge is 2.46. The van der Waals surface area contributed by atoms with Crippen molar-refractivity contribution in [2.45, 2.75) is 16.9 Å². The number of anilines is 2. The minimum Gasteiger partial charge on any atom is -0.481 e. The monoisotopic (exact) mass is 405 g/mol. The minimum atomic E-state index is -3.56. The molecule has 0 radical (unpaired) electrons. The predicted octanol–water partition coefficient (Wildman–Crippen LogP) is 0.737. The van der Waals surface area contributed by atoms with Gasteiger partial charge in [0.15, 0.2) is 0 Å². The highest BCUT2D eigenvalue weighted by atomic mass is 32.2. The van der Waals surface area contributed by atoms with E-state index in [9.17, 15) is 8.42 Å². The molecule has 9 nitrogen and oxygen atoms in total. The van der Waals surface area contributed by atoms with Gasteiger partial charge in [-0.25, -0.2) is 8.42 Å². The van der Waals surface area contributed by atoms with Gasteiger partial charge in [0, 0.05) is 32.2 Å². The lowest BCUT2D eigenvalue weighted by atomic mass is 10.0. The molecule has 1 aromatic heterocycles. The van der Waals surface area contributed by atoms with Crippen LogP contribution in [0.4, 0.5) is 11.8 Å². The topological polar surface area (TPSA) is 111 Å². The van der Waals surface area contributed by atoms with Crippen LogP contribution in [0.3, 0.4) is 0 Å². The van der Waals surface area contributed by atoms with Gasteiger partial charge in [-0.1, -0.05) is 18.2 Å². The fourth-order valence-electron chi connectivity index (χ4n) is 3.74. The van der Waals surface area contributed by atoms with Gasteiger partial charge in [0.2, 0.25) is 21.9 Å². The molecule has 150 valence electrons. The lowest BCUT2D eigenvalue weighted by Gasteiger charge is -2.39. The van der Waals surface area contributed by atoms with Crippen LogP contribution in [-0.4, -0.2) is 68.2 Å². The van der Waals surface area contributed by atoms with Gasteiger partial charge in [-0.3, -0.25) is 0 Å². The number of aromatic nitrogens is 2. The Morgan fingerprint density at radius 2 is 1.96 bits per heavy atom. The number of nitrogen functional groups attached to an aromatic ring is 1. The molecule has 0 bridgehead atoms. The van der Waals surface area contributed by atoms with E-state index in [2.05, 4.69) is 9.97 Å². The molecule has 2 fully saturated rings. The molecule has 3 heterocycles. The van der Waals surface area contributed by atoms with E-state index in [1.165, 1.54) is 11.4 Å². The number of sulfonamides is 1. The molecule has 10 heteroatoms. The van der Waals surface area contributed by atoms with Gasteiger partial charge < -0.3 is 20.1 Å². The zero-order valence-electron chi connectivity index (χ0n) is 15.6. The first-order chi connectivity index (χ1) is 13.4. The summed E-state index contributed by atoms with van der Waals surface area (Å²) in [6, 6.07) is 10.2. The van der Waals surface area contributed by atoms with E-state index >= 15 is 0 Å². The Bertz CT molecular complexity index is 956. The van der Waals surface area contributed by atoms with Crippen LogP contribution in [0.5, 0.6) is 5.88 Å². The average molecular weight is 405 g/mol. The highest BCUT2D eigenvalue weighted by Crippen LogP contribution is 2.34. The lowest BCUT2D eigenvalue weighted by molar-refractivity contribution is -0.0742. The fourth-order valence-corrected chi connectivity index (χ4v) is 5.26.